The standard InChI is InChI=1S/C9H17NO3/c1-6-4-7(8(11)12)5-9(2,3)10(6)13/h6-7,13H,4-5H2,1-3H3,(H,11,12). The van der Waals surface area contributed by atoms with Crippen molar-refractivity contribution in [3.05, 3.63) is 0 Å². The van der Waals surface area contributed by atoms with Gasteiger partial charge in [0, 0.05) is 11.6 Å². The molecule has 1 aliphatic rings. The molecule has 0 aromatic heterocycles. The summed E-state index contributed by atoms with van der Waals surface area (Å²) in [5.74, 6) is -1.08. The zero-order chi connectivity index (χ0) is 10.2. The number of rotatable bonds is 1. The Balaban J connectivity index is 2.76. The largest absolute Gasteiger partial charge is 0.481 e. The number of carboxylic acids is 1. The number of hydrogen-bond acceptors (Lipinski definition) is 3. The van der Waals surface area contributed by atoms with Crippen LogP contribution in [0.3, 0.4) is 0 Å². The summed E-state index contributed by atoms with van der Waals surface area (Å²) in [5.41, 5.74) is -0.430. The Bertz CT molecular complexity index is 215. The van der Waals surface area contributed by atoms with Crippen molar-refractivity contribution in [1.29, 1.82) is 0 Å². The predicted octanol–water partition coefficient (Wildman–Crippen LogP) is 1.34. The van der Waals surface area contributed by atoms with Crippen LogP contribution in [0.15, 0.2) is 0 Å². The number of piperidine rings is 1. The van der Waals surface area contributed by atoms with E-state index in [-0.39, 0.29) is 12.0 Å². The fourth-order valence-corrected chi connectivity index (χ4v) is 2.08. The zero-order valence-electron chi connectivity index (χ0n) is 8.32. The Morgan fingerprint density at radius 2 is 2.08 bits per heavy atom. The molecule has 4 heteroatoms. The Hall–Kier alpha value is -0.610. The molecule has 1 rings (SSSR count). The van der Waals surface area contributed by atoms with Gasteiger partial charge in [0.1, 0.15) is 0 Å². The molecule has 4 nitrogen and oxygen atoms in total. The van der Waals surface area contributed by atoms with Crippen LogP contribution in [-0.4, -0.2) is 32.9 Å². The second-order valence-electron chi connectivity index (χ2n) is 4.48. The smallest absolute Gasteiger partial charge is 0.306 e. The average Bonchev–Trinajstić information content (AvgIpc) is 1.99. The van der Waals surface area contributed by atoms with Crippen molar-refractivity contribution in [2.24, 2.45) is 5.92 Å². The lowest BCUT2D eigenvalue weighted by Crippen LogP contribution is -2.53. The van der Waals surface area contributed by atoms with Crippen molar-refractivity contribution in [1.82, 2.24) is 5.06 Å². The predicted molar refractivity (Wildman–Crippen MR) is 47.5 cm³/mol. The Kier molecular flexibility index (Phi) is 2.63. The molecule has 1 heterocycles. The van der Waals surface area contributed by atoms with Gasteiger partial charge in [0.15, 0.2) is 0 Å². The number of hydrogen-bond donors (Lipinski definition) is 2. The van der Waals surface area contributed by atoms with Gasteiger partial charge in [-0.15, -0.1) is 0 Å². The van der Waals surface area contributed by atoms with Gasteiger partial charge in [0.05, 0.1) is 5.92 Å². The van der Waals surface area contributed by atoms with Gasteiger partial charge < -0.3 is 10.3 Å². The second-order valence-corrected chi connectivity index (χ2v) is 4.48. The van der Waals surface area contributed by atoms with Crippen LogP contribution >= 0.6 is 0 Å². The van der Waals surface area contributed by atoms with Crippen molar-refractivity contribution < 1.29 is 15.1 Å². The zero-order valence-corrected chi connectivity index (χ0v) is 8.32. The summed E-state index contributed by atoms with van der Waals surface area (Å²) in [5, 5.41) is 19.8. The molecule has 0 saturated carbocycles. The van der Waals surface area contributed by atoms with Crippen LogP contribution < -0.4 is 0 Å². The number of carbonyl (C=O) groups is 1. The summed E-state index contributed by atoms with van der Waals surface area (Å²) < 4.78 is 0. The molecule has 76 valence electrons. The summed E-state index contributed by atoms with van der Waals surface area (Å²) in [7, 11) is 0. The molecule has 2 atom stereocenters. The molecule has 1 fully saturated rings. The number of carboxylic acid groups (broad SMARTS) is 1. The minimum Gasteiger partial charge on any atom is -0.481 e. The van der Waals surface area contributed by atoms with Crippen molar-refractivity contribution >= 4 is 5.97 Å². The van der Waals surface area contributed by atoms with Gasteiger partial charge in [-0.3, -0.25) is 4.79 Å². The van der Waals surface area contributed by atoms with E-state index in [1.54, 1.807) is 0 Å². The first-order valence-electron chi connectivity index (χ1n) is 4.55. The number of nitrogens with zero attached hydrogens (tertiary/aromatic N) is 1. The third-order valence-corrected chi connectivity index (χ3v) is 2.76. The van der Waals surface area contributed by atoms with Crippen LogP contribution in [0.5, 0.6) is 0 Å². The van der Waals surface area contributed by atoms with E-state index in [0.29, 0.717) is 12.8 Å². The number of aliphatic carboxylic acids is 1. The molecule has 0 spiro atoms. The van der Waals surface area contributed by atoms with Crippen LogP contribution in [0.4, 0.5) is 0 Å². The number of hydroxylamine groups is 2. The van der Waals surface area contributed by atoms with E-state index >= 15 is 0 Å². The summed E-state index contributed by atoms with van der Waals surface area (Å²) in [4.78, 5) is 10.8. The molecule has 0 aromatic rings. The minimum atomic E-state index is -0.756. The molecule has 0 aliphatic carbocycles. The molecule has 13 heavy (non-hydrogen) atoms. The first kappa shape index (κ1) is 10.5. The van der Waals surface area contributed by atoms with Crippen molar-refractivity contribution in [2.75, 3.05) is 0 Å². The summed E-state index contributed by atoms with van der Waals surface area (Å²) >= 11 is 0. The molecular weight excluding hydrogens is 170 g/mol. The van der Waals surface area contributed by atoms with Gasteiger partial charge in [-0.1, -0.05) is 0 Å². The van der Waals surface area contributed by atoms with Gasteiger partial charge in [-0.2, -0.15) is 5.06 Å². The van der Waals surface area contributed by atoms with E-state index in [2.05, 4.69) is 0 Å². The summed E-state index contributed by atoms with van der Waals surface area (Å²) in [6, 6.07) is -0.0788. The maximum atomic E-state index is 10.8. The van der Waals surface area contributed by atoms with Gasteiger partial charge in [0.25, 0.3) is 0 Å². The topological polar surface area (TPSA) is 60.8 Å². The van der Waals surface area contributed by atoms with Crippen LogP contribution in [0.1, 0.15) is 33.6 Å². The molecule has 0 amide bonds. The van der Waals surface area contributed by atoms with Gasteiger partial charge >= 0.3 is 5.97 Å². The summed E-state index contributed by atoms with van der Waals surface area (Å²) in [6.07, 6.45) is 1.03. The fraction of sp³-hybridized carbons (Fsp3) is 0.889. The maximum absolute atomic E-state index is 10.8. The van der Waals surface area contributed by atoms with Gasteiger partial charge in [-0.05, 0) is 33.6 Å². The molecular formula is C9H17NO3. The lowest BCUT2D eigenvalue weighted by molar-refractivity contribution is -0.217. The van der Waals surface area contributed by atoms with Crippen molar-refractivity contribution in [2.45, 2.75) is 45.2 Å². The van der Waals surface area contributed by atoms with E-state index in [0.717, 1.165) is 0 Å². The normalized spacial score (nSPS) is 34.5. The molecule has 0 bridgehead atoms. The molecule has 0 aromatic carbocycles. The van der Waals surface area contributed by atoms with Crippen molar-refractivity contribution in [3.8, 4) is 0 Å². The molecule has 2 unspecified atom stereocenters. The van der Waals surface area contributed by atoms with Crippen LogP contribution in [0.2, 0.25) is 0 Å². The van der Waals surface area contributed by atoms with Crippen molar-refractivity contribution in [3.63, 3.8) is 0 Å². The van der Waals surface area contributed by atoms with E-state index in [1.807, 2.05) is 20.8 Å². The van der Waals surface area contributed by atoms with E-state index in [1.165, 1.54) is 5.06 Å². The van der Waals surface area contributed by atoms with Crippen LogP contribution in [0, 0.1) is 5.92 Å². The lowest BCUT2D eigenvalue weighted by atomic mass is 9.81. The third kappa shape index (κ3) is 2.00. The SMILES string of the molecule is CC1CC(C(=O)O)CC(C)(C)N1O. The van der Waals surface area contributed by atoms with Crippen LogP contribution in [0.25, 0.3) is 0 Å². The Morgan fingerprint density at radius 3 is 2.46 bits per heavy atom. The first-order chi connectivity index (χ1) is 5.84. The van der Waals surface area contributed by atoms with E-state index in [4.69, 9.17) is 5.11 Å². The highest BCUT2D eigenvalue weighted by Gasteiger charge is 2.40. The lowest BCUT2D eigenvalue weighted by Gasteiger charge is -2.44. The monoisotopic (exact) mass is 187 g/mol. The highest BCUT2D eigenvalue weighted by atomic mass is 16.5. The highest BCUT2D eigenvalue weighted by Crippen LogP contribution is 2.33. The molecule has 1 saturated heterocycles. The molecule has 0 radical (unpaired) electrons. The maximum Gasteiger partial charge on any atom is 0.306 e. The van der Waals surface area contributed by atoms with Gasteiger partial charge in [0.2, 0.25) is 0 Å². The van der Waals surface area contributed by atoms with Crippen LogP contribution in [-0.2, 0) is 4.79 Å². The Morgan fingerprint density at radius 1 is 1.54 bits per heavy atom. The minimum absolute atomic E-state index is 0.0788. The molecule has 1 aliphatic heterocycles. The molecule has 2 N–H and O–H groups in total. The fourth-order valence-electron chi connectivity index (χ4n) is 2.08. The second kappa shape index (κ2) is 3.27. The quantitative estimate of drug-likeness (QED) is 0.650. The summed E-state index contributed by atoms with van der Waals surface area (Å²) in [6.45, 7) is 5.56. The third-order valence-electron chi connectivity index (χ3n) is 2.76. The van der Waals surface area contributed by atoms with E-state index in [9.17, 15) is 10.0 Å². The first-order valence-corrected chi connectivity index (χ1v) is 4.55. The van der Waals surface area contributed by atoms with Gasteiger partial charge in [-0.25, -0.2) is 0 Å². The highest BCUT2D eigenvalue weighted by molar-refractivity contribution is 5.70. The van der Waals surface area contributed by atoms with E-state index < -0.39 is 11.5 Å². The Labute approximate surface area is 78.1 Å². The average molecular weight is 187 g/mol.